The number of para-hydroxylation sites is 1. The molecular formula is C14H20N4O. The summed E-state index contributed by atoms with van der Waals surface area (Å²) in [5.74, 6) is 0.728. The normalized spacial score (nSPS) is 12.1. The van der Waals surface area contributed by atoms with Crippen molar-refractivity contribution in [1.29, 1.82) is 0 Å². The molecule has 0 bridgehead atoms. The van der Waals surface area contributed by atoms with Crippen molar-refractivity contribution in [2.24, 2.45) is 0 Å². The van der Waals surface area contributed by atoms with E-state index in [1.54, 1.807) is 6.20 Å². The predicted octanol–water partition coefficient (Wildman–Crippen LogP) is 2.95. The van der Waals surface area contributed by atoms with Crippen LogP contribution in [0, 0.1) is 0 Å². The molecule has 0 saturated carbocycles. The van der Waals surface area contributed by atoms with Crippen molar-refractivity contribution in [2.45, 2.75) is 26.3 Å². The van der Waals surface area contributed by atoms with Crippen molar-refractivity contribution < 1.29 is 4.74 Å². The second-order valence-corrected chi connectivity index (χ2v) is 4.46. The van der Waals surface area contributed by atoms with Gasteiger partial charge in [-0.05, 0) is 25.5 Å². The minimum Gasteiger partial charge on any atom is -0.491 e. The molecule has 0 aliphatic rings. The maximum atomic E-state index is 6.11. The van der Waals surface area contributed by atoms with Crippen molar-refractivity contribution in [3.8, 4) is 5.75 Å². The summed E-state index contributed by atoms with van der Waals surface area (Å²) in [5, 5.41) is 10.1. The fourth-order valence-electron chi connectivity index (χ4n) is 1.82. The molecule has 0 aliphatic carbocycles. The first-order valence-electron chi connectivity index (χ1n) is 6.49. The lowest BCUT2D eigenvalue weighted by Crippen LogP contribution is -2.09. The lowest BCUT2D eigenvalue weighted by Gasteiger charge is -2.17. The quantitative estimate of drug-likeness (QED) is 0.698. The summed E-state index contributed by atoms with van der Waals surface area (Å²) in [6.07, 6.45) is 4.62. The third-order valence-electron chi connectivity index (χ3n) is 2.92. The summed E-state index contributed by atoms with van der Waals surface area (Å²) in [6.45, 7) is 4.80. The number of hydrogen-bond donors (Lipinski definition) is 3. The van der Waals surface area contributed by atoms with E-state index in [4.69, 9.17) is 10.5 Å². The molecule has 102 valence electrons. The van der Waals surface area contributed by atoms with Crippen molar-refractivity contribution in [1.82, 2.24) is 10.2 Å². The minimum atomic E-state index is 0.127. The molecule has 0 aliphatic heterocycles. The fraction of sp³-hybridized carbons (Fsp3) is 0.357. The maximum Gasteiger partial charge on any atom is 0.144 e. The average molecular weight is 260 g/mol. The number of rotatable bonds is 6. The van der Waals surface area contributed by atoms with Crippen LogP contribution in [-0.4, -0.2) is 16.8 Å². The zero-order valence-corrected chi connectivity index (χ0v) is 11.3. The number of H-pyrrole nitrogens is 1. The molecule has 1 aromatic carbocycles. The highest BCUT2D eigenvalue weighted by molar-refractivity contribution is 5.73. The molecule has 4 N–H and O–H groups in total. The second kappa shape index (κ2) is 6.13. The van der Waals surface area contributed by atoms with Gasteiger partial charge in [0.15, 0.2) is 0 Å². The van der Waals surface area contributed by atoms with Crippen LogP contribution < -0.4 is 15.8 Å². The lowest BCUT2D eigenvalue weighted by atomic mass is 10.1. The van der Waals surface area contributed by atoms with Crippen LogP contribution in [0.4, 0.5) is 11.4 Å². The van der Waals surface area contributed by atoms with Gasteiger partial charge in [0.2, 0.25) is 0 Å². The monoisotopic (exact) mass is 260 g/mol. The van der Waals surface area contributed by atoms with E-state index in [-0.39, 0.29) is 6.04 Å². The first kappa shape index (κ1) is 13.3. The predicted molar refractivity (Wildman–Crippen MR) is 77.3 cm³/mol. The molecule has 2 rings (SSSR count). The Morgan fingerprint density at radius 1 is 1.47 bits per heavy atom. The Morgan fingerprint density at radius 2 is 2.32 bits per heavy atom. The van der Waals surface area contributed by atoms with Crippen LogP contribution in [0.3, 0.4) is 0 Å². The van der Waals surface area contributed by atoms with Crippen LogP contribution >= 0.6 is 0 Å². The molecule has 1 atom stereocenters. The number of nitrogens with one attached hydrogen (secondary N) is 2. The molecule has 19 heavy (non-hydrogen) atoms. The number of benzene rings is 1. The van der Waals surface area contributed by atoms with Crippen molar-refractivity contribution in [2.75, 3.05) is 17.7 Å². The highest BCUT2D eigenvalue weighted by Gasteiger charge is 2.10. The van der Waals surface area contributed by atoms with E-state index < -0.39 is 0 Å². The zero-order valence-electron chi connectivity index (χ0n) is 11.3. The molecule has 0 fully saturated rings. The second-order valence-electron chi connectivity index (χ2n) is 4.46. The van der Waals surface area contributed by atoms with E-state index in [1.807, 2.05) is 24.4 Å². The molecule has 1 unspecified atom stereocenters. The van der Waals surface area contributed by atoms with Crippen molar-refractivity contribution >= 4 is 11.4 Å². The van der Waals surface area contributed by atoms with Crippen molar-refractivity contribution in [3.05, 3.63) is 36.2 Å². The van der Waals surface area contributed by atoms with Crippen LogP contribution in [0.2, 0.25) is 0 Å². The van der Waals surface area contributed by atoms with Gasteiger partial charge in [-0.3, -0.25) is 5.10 Å². The highest BCUT2D eigenvalue weighted by Crippen LogP contribution is 2.31. The molecule has 0 saturated heterocycles. The summed E-state index contributed by atoms with van der Waals surface area (Å²) in [6, 6.07) is 5.90. The Morgan fingerprint density at radius 3 is 3.00 bits per heavy atom. The molecule has 0 radical (unpaired) electrons. The molecule has 1 heterocycles. The number of hydrogen-bond acceptors (Lipinski definition) is 4. The van der Waals surface area contributed by atoms with Crippen LogP contribution in [-0.2, 0) is 0 Å². The number of aromatic nitrogens is 2. The lowest BCUT2D eigenvalue weighted by molar-refractivity contribution is 0.319. The molecule has 0 spiro atoms. The van der Waals surface area contributed by atoms with Gasteiger partial charge in [-0.1, -0.05) is 13.0 Å². The smallest absolute Gasteiger partial charge is 0.144 e. The van der Waals surface area contributed by atoms with Crippen LogP contribution in [0.25, 0.3) is 0 Å². The topological polar surface area (TPSA) is 76.0 Å². The Labute approximate surface area is 113 Å². The summed E-state index contributed by atoms with van der Waals surface area (Å²) < 4.78 is 5.62. The summed E-state index contributed by atoms with van der Waals surface area (Å²) in [4.78, 5) is 0. The zero-order chi connectivity index (χ0) is 13.7. The van der Waals surface area contributed by atoms with E-state index in [0.29, 0.717) is 12.3 Å². The van der Waals surface area contributed by atoms with Gasteiger partial charge in [0.05, 0.1) is 30.2 Å². The van der Waals surface area contributed by atoms with E-state index in [9.17, 15) is 0 Å². The van der Waals surface area contributed by atoms with Gasteiger partial charge < -0.3 is 15.8 Å². The molecule has 0 amide bonds. The van der Waals surface area contributed by atoms with E-state index in [0.717, 1.165) is 23.4 Å². The first-order chi connectivity index (χ1) is 9.22. The third kappa shape index (κ3) is 3.19. The third-order valence-corrected chi connectivity index (χ3v) is 2.92. The van der Waals surface area contributed by atoms with Gasteiger partial charge in [0.25, 0.3) is 0 Å². The van der Waals surface area contributed by atoms with Crippen LogP contribution in [0.15, 0.2) is 30.6 Å². The number of nitrogens with two attached hydrogens (primary N) is 1. The minimum absolute atomic E-state index is 0.127. The SMILES string of the molecule is CCCOc1cccc(NC(C)c2cn[nH]c2)c1N. The number of nitrogen functional groups attached to an aromatic ring is 1. The number of anilines is 2. The Bertz CT molecular complexity index is 510. The average Bonchev–Trinajstić information content (AvgIpc) is 2.94. The Balaban J connectivity index is 2.12. The van der Waals surface area contributed by atoms with E-state index in [1.165, 1.54) is 0 Å². The van der Waals surface area contributed by atoms with E-state index in [2.05, 4.69) is 29.4 Å². The Kier molecular flexibility index (Phi) is 4.28. The number of ether oxygens (including phenoxy) is 1. The summed E-state index contributed by atoms with van der Waals surface area (Å²) in [7, 11) is 0. The fourth-order valence-corrected chi connectivity index (χ4v) is 1.82. The number of nitrogens with zero attached hydrogens (tertiary/aromatic N) is 1. The molecule has 2 aromatic rings. The first-order valence-corrected chi connectivity index (χ1v) is 6.49. The van der Waals surface area contributed by atoms with E-state index >= 15 is 0 Å². The van der Waals surface area contributed by atoms with Gasteiger partial charge in [0.1, 0.15) is 5.75 Å². The largest absolute Gasteiger partial charge is 0.491 e. The van der Waals surface area contributed by atoms with Gasteiger partial charge >= 0.3 is 0 Å². The van der Waals surface area contributed by atoms with Gasteiger partial charge in [-0.15, -0.1) is 0 Å². The standard InChI is InChI=1S/C14H20N4O/c1-3-7-19-13-6-4-5-12(14(13)15)18-10(2)11-8-16-17-9-11/h4-6,8-10,18H,3,7,15H2,1-2H3,(H,16,17). The molecule has 5 nitrogen and oxygen atoms in total. The molecule has 5 heteroatoms. The van der Waals surface area contributed by atoms with Crippen LogP contribution in [0.5, 0.6) is 5.75 Å². The summed E-state index contributed by atoms with van der Waals surface area (Å²) >= 11 is 0. The highest BCUT2D eigenvalue weighted by atomic mass is 16.5. The molecule has 1 aromatic heterocycles. The summed E-state index contributed by atoms with van der Waals surface area (Å²) in [5.41, 5.74) is 8.72. The number of aromatic amines is 1. The van der Waals surface area contributed by atoms with Crippen LogP contribution in [0.1, 0.15) is 31.9 Å². The van der Waals surface area contributed by atoms with Crippen molar-refractivity contribution in [3.63, 3.8) is 0 Å². The van der Waals surface area contributed by atoms with Gasteiger partial charge in [-0.25, -0.2) is 0 Å². The van der Waals surface area contributed by atoms with Gasteiger partial charge in [-0.2, -0.15) is 5.10 Å². The molecular weight excluding hydrogens is 240 g/mol. The Hall–Kier alpha value is -2.17. The maximum absolute atomic E-state index is 6.11. The van der Waals surface area contributed by atoms with Gasteiger partial charge in [0, 0.05) is 11.8 Å².